The smallest absolute Gasteiger partial charge is 0.214 e. The van der Waals surface area contributed by atoms with E-state index in [2.05, 4.69) is 15.4 Å². The molecule has 0 saturated carbocycles. The molecule has 0 amide bonds. The molecule has 0 aliphatic heterocycles. The zero-order chi connectivity index (χ0) is 9.80. The number of hydrogen-bond acceptors (Lipinski definition) is 5. The molecule has 0 spiro atoms. The van der Waals surface area contributed by atoms with E-state index in [-0.39, 0.29) is 6.61 Å². The van der Waals surface area contributed by atoms with Crippen molar-refractivity contribution in [3.05, 3.63) is 17.5 Å². The van der Waals surface area contributed by atoms with Crippen molar-refractivity contribution in [3.63, 3.8) is 0 Å². The fourth-order valence-corrected chi connectivity index (χ4v) is 1.70. The topological polar surface area (TPSA) is 63.8 Å². The Bertz CT molecular complexity index is 384. The van der Waals surface area contributed by atoms with E-state index in [1.54, 1.807) is 11.3 Å². The molecule has 14 heavy (non-hydrogen) atoms. The van der Waals surface area contributed by atoms with Gasteiger partial charge in [0.05, 0.1) is 11.4 Å². The second-order valence-electron chi connectivity index (χ2n) is 2.76. The van der Waals surface area contributed by atoms with Crippen LogP contribution in [0.4, 0.5) is 0 Å². The molecule has 1 N–H and O–H groups in total. The summed E-state index contributed by atoms with van der Waals surface area (Å²) in [5, 5.41) is 22.6. The van der Waals surface area contributed by atoms with Gasteiger partial charge in [0.25, 0.3) is 0 Å². The Morgan fingerprint density at radius 3 is 3.14 bits per heavy atom. The first-order valence-electron chi connectivity index (χ1n) is 4.32. The highest BCUT2D eigenvalue weighted by atomic mass is 32.1. The van der Waals surface area contributed by atoms with E-state index >= 15 is 0 Å². The van der Waals surface area contributed by atoms with Crippen LogP contribution in [-0.4, -0.2) is 31.9 Å². The molecule has 0 saturated heterocycles. The minimum atomic E-state index is 0.149. The van der Waals surface area contributed by atoms with Crippen LogP contribution in [0.1, 0.15) is 6.42 Å². The van der Waals surface area contributed by atoms with Gasteiger partial charge in [0.2, 0.25) is 5.82 Å². The van der Waals surface area contributed by atoms with Gasteiger partial charge in [-0.05, 0) is 23.1 Å². The highest BCUT2D eigenvalue weighted by Crippen LogP contribution is 2.19. The third-order valence-corrected chi connectivity index (χ3v) is 2.58. The van der Waals surface area contributed by atoms with Crippen LogP contribution >= 0.6 is 11.3 Å². The predicted octanol–water partition coefficient (Wildman–Crippen LogP) is 0.784. The van der Waals surface area contributed by atoms with Crippen LogP contribution in [0, 0.1) is 0 Å². The summed E-state index contributed by atoms with van der Waals surface area (Å²) in [6.45, 7) is 0.755. The number of nitrogens with zero attached hydrogens (tertiary/aromatic N) is 4. The van der Waals surface area contributed by atoms with Crippen LogP contribution in [0.2, 0.25) is 0 Å². The summed E-state index contributed by atoms with van der Waals surface area (Å²) in [6.07, 6.45) is 0.653. The summed E-state index contributed by atoms with van der Waals surface area (Å²) in [7, 11) is 0. The van der Waals surface area contributed by atoms with Crippen molar-refractivity contribution >= 4 is 11.3 Å². The normalized spacial score (nSPS) is 10.6. The van der Waals surface area contributed by atoms with E-state index in [4.69, 9.17) is 5.11 Å². The summed E-state index contributed by atoms with van der Waals surface area (Å²) in [6, 6.07) is 3.91. The molecule has 5 nitrogen and oxygen atoms in total. The van der Waals surface area contributed by atoms with Crippen molar-refractivity contribution in [2.75, 3.05) is 6.61 Å². The number of hydrogen-bond donors (Lipinski definition) is 1. The van der Waals surface area contributed by atoms with Crippen LogP contribution in [0.3, 0.4) is 0 Å². The third kappa shape index (κ3) is 1.97. The lowest BCUT2D eigenvalue weighted by Crippen LogP contribution is -2.03. The van der Waals surface area contributed by atoms with E-state index in [1.807, 2.05) is 17.5 Å². The monoisotopic (exact) mass is 210 g/mol. The van der Waals surface area contributed by atoms with Gasteiger partial charge in [-0.3, -0.25) is 0 Å². The van der Waals surface area contributed by atoms with Gasteiger partial charge < -0.3 is 5.11 Å². The van der Waals surface area contributed by atoms with Crippen molar-refractivity contribution in [3.8, 4) is 10.7 Å². The van der Waals surface area contributed by atoms with Gasteiger partial charge in [-0.1, -0.05) is 6.07 Å². The molecule has 0 aliphatic carbocycles. The molecule has 0 atom stereocenters. The number of aryl methyl sites for hydroxylation is 1. The molecule has 0 unspecified atom stereocenters. The third-order valence-electron chi connectivity index (χ3n) is 1.71. The molecule has 2 aromatic rings. The highest BCUT2D eigenvalue weighted by Gasteiger charge is 2.05. The number of thiophene rings is 1. The van der Waals surface area contributed by atoms with Crippen molar-refractivity contribution in [2.45, 2.75) is 13.0 Å². The average Bonchev–Trinajstić information content (AvgIpc) is 2.85. The predicted molar refractivity (Wildman–Crippen MR) is 52.8 cm³/mol. The first-order valence-corrected chi connectivity index (χ1v) is 5.20. The first-order chi connectivity index (χ1) is 6.90. The molecule has 2 aromatic heterocycles. The molecule has 0 radical (unpaired) electrons. The lowest BCUT2D eigenvalue weighted by Gasteiger charge is -1.93. The SMILES string of the molecule is OCCCn1nnc(-c2cccs2)n1. The lowest BCUT2D eigenvalue weighted by atomic mass is 10.4. The maximum absolute atomic E-state index is 8.63. The number of aromatic nitrogens is 4. The van der Waals surface area contributed by atoms with Crippen LogP contribution < -0.4 is 0 Å². The number of rotatable bonds is 4. The van der Waals surface area contributed by atoms with Gasteiger partial charge in [-0.15, -0.1) is 21.5 Å². The zero-order valence-electron chi connectivity index (χ0n) is 7.50. The molecule has 0 bridgehead atoms. The van der Waals surface area contributed by atoms with Crippen molar-refractivity contribution in [1.82, 2.24) is 20.2 Å². The molecule has 2 heterocycles. The van der Waals surface area contributed by atoms with Gasteiger partial charge >= 0.3 is 0 Å². The van der Waals surface area contributed by atoms with Crippen molar-refractivity contribution in [2.24, 2.45) is 0 Å². The Morgan fingerprint density at radius 2 is 2.43 bits per heavy atom. The largest absolute Gasteiger partial charge is 0.396 e. The zero-order valence-corrected chi connectivity index (χ0v) is 8.31. The van der Waals surface area contributed by atoms with Gasteiger partial charge in [-0.25, -0.2) is 0 Å². The Morgan fingerprint density at radius 1 is 1.50 bits per heavy atom. The number of tetrazole rings is 1. The Hall–Kier alpha value is -1.27. The van der Waals surface area contributed by atoms with Crippen molar-refractivity contribution in [1.29, 1.82) is 0 Å². The summed E-state index contributed by atoms with van der Waals surface area (Å²) < 4.78 is 0. The summed E-state index contributed by atoms with van der Waals surface area (Å²) in [5.41, 5.74) is 0. The Kier molecular flexibility index (Phi) is 2.85. The molecule has 2 rings (SSSR count). The molecular weight excluding hydrogens is 200 g/mol. The summed E-state index contributed by atoms with van der Waals surface area (Å²) in [5.74, 6) is 0.651. The van der Waals surface area contributed by atoms with Crippen LogP contribution in [-0.2, 0) is 6.54 Å². The van der Waals surface area contributed by atoms with Crippen LogP contribution in [0.15, 0.2) is 17.5 Å². The van der Waals surface area contributed by atoms with Crippen LogP contribution in [0.25, 0.3) is 10.7 Å². The molecule has 0 fully saturated rings. The van der Waals surface area contributed by atoms with E-state index in [1.165, 1.54) is 4.80 Å². The second kappa shape index (κ2) is 4.30. The number of aliphatic hydroxyl groups is 1. The van der Waals surface area contributed by atoms with E-state index in [0.29, 0.717) is 18.8 Å². The summed E-state index contributed by atoms with van der Waals surface area (Å²) in [4.78, 5) is 2.52. The fraction of sp³-hybridized carbons (Fsp3) is 0.375. The van der Waals surface area contributed by atoms with E-state index < -0.39 is 0 Å². The maximum Gasteiger partial charge on any atom is 0.214 e. The van der Waals surface area contributed by atoms with Gasteiger partial charge in [0, 0.05) is 6.61 Å². The quantitative estimate of drug-likeness (QED) is 0.810. The standard InChI is InChI=1S/C8H10N4OS/c13-5-2-4-12-10-8(9-11-12)7-3-1-6-14-7/h1,3,6,13H,2,4-5H2. The van der Waals surface area contributed by atoms with E-state index in [0.717, 1.165) is 4.88 Å². The molecule has 0 aromatic carbocycles. The Labute approximate surface area is 85.0 Å². The molecular formula is C8H10N4OS. The van der Waals surface area contributed by atoms with Crippen molar-refractivity contribution < 1.29 is 5.11 Å². The molecule has 0 aliphatic rings. The number of aliphatic hydroxyl groups excluding tert-OH is 1. The minimum Gasteiger partial charge on any atom is -0.396 e. The second-order valence-corrected chi connectivity index (χ2v) is 3.71. The van der Waals surface area contributed by atoms with Gasteiger partial charge in [0.1, 0.15) is 0 Å². The van der Waals surface area contributed by atoms with E-state index in [9.17, 15) is 0 Å². The average molecular weight is 210 g/mol. The lowest BCUT2D eigenvalue weighted by molar-refractivity contribution is 0.272. The minimum absolute atomic E-state index is 0.149. The maximum atomic E-state index is 8.63. The molecule has 6 heteroatoms. The van der Waals surface area contributed by atoms with Crippen LogP contribution in [0.5, 0.6) is 0 Å². The Balaban J connectivity index is 2.10. The molecule has 74 valence electrons. The fourth-order valence-electron chi connectivity index (χ4n) is 1.05. The van der Waals surface area contributed by atoms with Gasteiger partial charge in [0.15, 0.2) is 0 Å². The van der Waals surface area contributed by atoms with Gasteiger partial charge in [-0.2, -0.15) is 4.80 Å². The highest BCUT2D eigenvalue weighted by molar-refractivity contribution is 7.13. The summed E-state index contributed by atoms with van der Waals surface area (Å²) >= 11 is 1.59. The first kappa shape index (κ1) is 9.29.